The van der Waals surface area contributed by atoms with Crippen molar-refractivity contribution < 1.29 is 18.1 Å². The summed E-state index contributed by atoms with van der Waals surface area (Å²) in [7, 11) is -0.918. The first-order chi connectivity index (χ1) is 13.3. The largest absolute Gasteiger partial charge is 0.525 e. The summed E-state index contributed by atoms with van der Waals surface area (Å²) in [6.45, 7) is 9.09. The highest BCUT2D eigenvalue weighted by molar-refractivity contribution is 6.53. The molecule has 0 saturated carbocycles. The molecule has 6 nitrogen and oxygen atoms in total. The minimum absolute atomic E-state index is 0.278. The molecule has 0 aromatic carbocycles. The monoisotopic (exact) mass is 385 g/mol. The lowest BCUT2D eigenvalue weighted by atomic mass is 9.82. The normalized spacial score (nSPS) is 21.2. The molecule has 0 atom stereocenters. The predicted octanol–water partition coefficient (Wildman–Crippen LogP) is 4.19. The van der Waals surface area contributed by atoms with E-state index in [9.17, 15) is 0 Å². The van der Waals surface area contributed by atoms with Crippen LogP contribution in [0.5, 0.6) is 0 Å². The minimum atomic E-state index is -0.918. The summed E-state index contributed by atoms with van der Waals surface area (Å²) in [4.78, 5) is 10.8. The van der Waals surface area contributed by atoms with Crippen LogP contribution >= 0.6 is 0 Å². The SMILES string of the molecule is CC1(C)OB(C(F)=C2CCN(c3cc(-c4ccoc4)ncn3)CC2)OC1(C)C. The van der Waals surface area contributed by atoms with Crippen molar-refractivity contribution in [1.29, 1.82) is 0 Å². The molecule has 0 bridgehead atoms. The second kappa shape index (κ2) is 7.01. The molecule has 2 aromatic heterocycles. The summed E-state index contributed by atoms with van der Waals surface area (Å²) in [6, 6.07) is 3.80. The number of hydrogen-bond donors (Lipinski definition) is 0. The van der Waals surface area contributed by atoms with Crippen molar-refractivity contribution >= 4 is 12.9 Å². The first-order valence-electron chi connectivity index (χ1n) is 9.59. The standard InChI is InChI=1S/C20H25BFN3O3/c1-19(2)20(3,4)28-21(27-19)18(22)14-5-8-25(9-6-14)17-11-16(23-13-24-17)15-7-10-26-12-15/h7,10-13H,5-6,8-9H2,1-4H3. The summed E-state index contributed by atoms with van der Waals surface area (Å²) in [6.07, 6.45) is 6.05. The van der Waals surface area contributed by atoms with Crippen LogP contribution in [0.4, 0.5) is 10.2 Å². The Morgan fingerprint density at radius 2 is 1.79 bits per heavy atom. The Bertz CT molecular complexity index is 857. The van der Waals surface area contributed by atoms with Crippen molar-refractivity contribution in [2.45, 2.75) is 51.7 Å². The highest BCUT2D eigenvalue weighted by Crippen LogP contribution is 2.40. The molecule has 0 spiro atoms. The smallest absolute Gasteiger partial charge is 0.472 e. The summed E-state index contributed by atoms with van der Waals surface area (Å²) in [5.41, 5.74) is 1.12. The summed E-state index contributed by atoms with van der Waals surface area (Å²) < 4.78 is 31.9. The van der Waals surface area contributed by atoms with Crippen molar-refractivity contribution in [3.8, 4) is 11.3 Å². The molecule has 0 N–H and O–H groups in total. The minimum Gasteiger partial charge on any atom is -0.472 e. The van der Waals surface area contributed by atoms with Crippen molar-refractivity contribution in [2.24, 2.45) is 0 Å². The number of hydrogen-bond acceptors (Lipinski definition) is 6. The van der Waals surface area contributed by atoms with Gasteiger partial charge in [0.15, 0.2) is 0 Å². The molecule has 28 heavy (non-hydrogen) atoms. The fourth-order valence-electron chi connectivity index (χ4n) is 3.45. The van der Waals surface area contributed by atoms with E-state index in [0.717, 1.165) is 22.6 Å². The second-order valence-electron chi connectivity index (χ2n) is 8.30. The third-order valence-corrected chi connectivity index (χ3v) is 5.96. The lowest BCUT2D eigenvalue weighted by Crippen LogP contribution is -2.41. The van der Waals surface area contributed by atoms with Gasteiger partial charge in [0.05, 0.1) is 29.4 Å². The molecule has 4 rings (SSSR count). The van der Waals surface area contributed by atoms with Gasteiger partial charge in [-0.2, -0.15) is 0 Å². The highest BCUT2D eigenvalue weighted by atomic mass is 19.1. The van der Waals surface area contributed by atoms with E-state index in [1.54, 1.807) is 18.9 Å². The predicted molar refractivity (Wildman–Crippen MR) is 105 cm³/mol. The van der Waals surface area contributed by atoms with Crippen molar-refractivity contribution in [3.05, 3.63) is 42.3 Å². The number of furan rings is 1. The zero-order valence-electron chi connectivity index (χ0n) is 16.7. The van der Waals surface area contributed by atoms with E-state index in [1.165, 1.54) is 0 Å². The van der Waals surface area contributed by atoms with Crippen molar-refractivity contribution in [1.82, 2.24) is 9.97 Å². The number of nitrogens with zero attached hydrogens (tertiary/aromatic N) is 3. The molecule has 2 aliphatic rings. The van der Waals surface area contributed by atoms with Gasteiger partial charge in [-0.1, -0.05) is 0 Å². The van der Waals surface area contributed by atoms with Crippen LogP contribution in [0.1, 0.15) is 40.5 Å². The van der Waals surface area contributed by atoms with Gasteiger partial charge in [0, 0.05) is 24.7 Å². The van der Waals surface area contributed by atoms with E-state index in [4.69, 9.17) is 13.7 Å². The van der Waals surface area contributed by atoms with E-state index in [0.29, 0.717) is 25.9 Å². The van der Waals surface area contributed by atoms with E-state index in [1.807, 2.05) is 39.8 Å². The Hall–Kier alpha value is -2.19. The van der Waals surface area contributed by atoms with E-state index >= 15 is 4.39 Å². The molecule has 0 amide bonds. The van der Waals surface area contributed by atoms with Gasteiger partial charge in [0.2, 0.25) is 0 Å². The molecule has 148 valence electrons. The van der Waals surface area contributed by atoms with Crippen LogP contribution in [-0.4, -0.2) is 41.4 Å². The van der Waals surface area contributed by atoms with Gasteiger partial charge < -0.3 is 18.6 Å². The van der Waals surface area contributed by atoms with Gasteiger partial charge in [-0.3, -0.25) is 0 Å². The molecule has 2 saturated heterocycles. The maximum atomic E-state index is 15.0. The molecular formula is C20H25BFN3O3. The molecular weight excluding hydrogens is 360 g/mol. The second-order valence-corrected chi connectivity index (χ2v) is 8.30. The Morgan fingerprint density at radius 1 is 1.11 bits per heavy atom. The Balaban J connectivity index is 1.45. The van der Waals surface area contributed by atoms with Gasteiger partial charge >= 0.3 is 7.12 Å². The van der Waals surface area contributed by atoms with Crippen molar-refractivity contribution in [3.63, 3.8) is 0 Å². The summed E-state index contributed by atoms with van der Waals surface area (Å²) >= 11 is 0. The third-order valence-electron chi connectivity index (χ3n) is 5.96. The highest BCUT2D eigenvalue weighted by Gasteiger charge is 2.53. The Labute approximate surface area is 164 Å². The Morgan fingerprint density at radius 3 is 2.39 bits per heavy atom. The van der Waals surface area contributed by atoms with Crippen LogP contribution in [-0.2, 0) is 9.31 Å². The van der Waals surface area contributed by atoms with Crippen LogP contribution in [0.15, 0.2) is 46.7 Å². The lowest BCUT2D eigenvalue weighted by molar-refractivity contribution is 0.00578. The number of aromatic nitrogens is 2. The van der Waals surface area contributed by atoms with Gasteiger partial charge in [-0.25, -0.2) is 14.4 Å². The average molecular weight is 385 g/mol. The number of piperidine rings is 1. The molecule has 4 heterocycles. The molecule has 8 heteroatoms. The first-order valence-corrected chi connectivity index (χ1v) is 9.59. The van der Waals surface area contributed by atoms with Gasteiger partial charge in [-0.15, -0.1) is 0 Å². The quantitative estimate of drug-likeness (QED) is 0.739. The average Bonchev–Trinajstić information content (AvgIpc) is 3.28. The molecule has 2 aliphatic heterocycles. The zero-order chi connectivity index (χ0) is 19.9. The number of rotatable bonds is 3. The topological polar surface area (TPSA) is 60.6 Å². The van der Waals surface area contributed by atoms with Crippen LogP contribution in [0, 0.1) is 0 Å². The maximum Gasteiger partial charge on any atom is 0.525 e. The maximum absolute atomic E-state index is 15.0. The third kappa shape index (κ3) is 3.46. The van der Waals surface area contributed by atoms with Gasteiger partial charge in [-0.05, 0) is 52.2 Å². The van der Waals surface area contributed by atoms with Gasteiger partial charge in [0.25, 0.3) is 0 Å². The Kier molecular flexibility index (Phi) is 4.79. The fourth-order valence-corrected chi connectivity index (χ4v) is 3.45. The lowest BCUT2D eigenvalue weighted by Gasteiger charge is -2.32. The summed E-state index contributed by atoms with van der Waals surface area (Å²) in [5.74, 6) is 0.835. The van der Waals surface area contributed by atoms with Gasteiger partial charge in [0.1, 0.15) is 17.9 Å². The molecule has 0 aliphatic carbocycles. The van der Waals surface area contributed by atoms with E-state index in [-0.39, 0.29) is 5.73 Å². The van der Waals surface area contributed by atoms with Crippen LogP contribution < -0.4 is 4.90 Å². The molecule has 0 radical (unpaired) electrons. The number of anilines is 1. The van der Waals surface area contributed by atoms with Crippen LogP contribution in [0.25, 0.3) is 11.3 Å². The summed E-state index contributed by atoms with van der Waals surface area (Å²) in [5, 5.41) is 0. The fraction of sp³-hybridized carbons (Fsp3) is 0.500. The van der Waals surface area contributed by atoms with E-state index < -0.39 is 18.3 Å². The molecule has 0 unspecified atom stereocenters. The molecule has 2 fully saturated rings. The first kappa shape index (κ1) is 19.1. The van der Waals surface area contributed by atoms with E-state index in [2.05, 4.69) is 14.9 Å². The van der Waals surface area contributed by atoms with Crippen LogP contribution in [0.2, 0.25) is 0 Å². The number of halogens is 1. The van der Waals surface area contributed by atoms with Crippen LogP contribution in [0.3, 0.4) is 0 Å². The zero-order valence-corrected chi connectivity index (χ0v) is 16.7. The molecule has 2 aromatic rings. The van der Waals surface area contributed by atoms with Crippen molar-refractivity contribution in [2.75, 3.05) is 18.0 Å².